The summed E-state index contributed by atoms with van der Waals surface area (Å²) in [6, 6.07) is 10.5. The molecule has 0 saturated carbocycles. The van der Waals surface area contributed by atoms with E-state index in [0.29, 0.717) is 0 Å². The highest BCUT2D eigenvalue weighted by Gasteiger charge is 2.11. The minimum Gasteiger partial charge on any atom is -1.00 e. The Bertz CT molecular complexity index is 271. The molecule has 1 aromatic rings. The van der Waals surface area contributed by atoms with E-state index in [9.17, 15) is 0 Å². The number of rotatable bonds is 1. The second-order valence-corrected chi connectivity index (χ2v) is 3.28. The van der Waals surface area contributed by atoms with Crippen LogP contribution in [0.5, 0.6) is 0 Å². The van der Waals surface area contributed by atoms with Crippen molar-refractivity contribution in [1.82, 2.24) is 0 Å². The lowest BCUT2D eigenvalue weighted by Gasteiger charge is -1.91. The quantitative estimate of drug-likeness (QED) is 0.502. The molecule has 0 atom stereocenters. The minimum absolute atomic E-state index is 0. The predicted molar refractivity (Wildman–Crippen MR) is 50.8 cm³/mol. The van der Waals surface area contributed by atoms with Gasteiger partial charge < -0.3 is 12.4 Å². The first-order chi connectivity index (χ1) is 5.95. The van der Waals surface area contributed by atoms with E-state index < -0.39 is 0 Å². The molecule has 0 spiro atoms. The van der Waals surface area contributed by atoms with Crippen LogP contribution in [0.15, 0.2) is 30.3 Å². The summed E-state index contributed by atoms with van der Waals surface area (Å²) in [7, 11) is 0. The second kappa shape index (κ2) is 5.03. The molecular weight excluding hydrogens is 182 g/mol. The summed E-state index contributed by atoms with van der Waals surface area (Å²) in [6.45, 7) is 2.46. The van der Waals surface area contributed by atoms with Crippen molar-refractivity contribution in [2.75, 3.05) is 13.1 Å². The standard InChI is InChI=1S/C11H14N.ClH/c1-2-6-11(7-3-1)10-12-8-4-5-9-12;/h1-3,6-7,10H,4-5,8-9H2;1H/q+1;/p-1. The SMILES string of the molecule is C(c1ccccc1)=[N+]1CCCC1.[Cl-]. The van der Waals surface area contributed by atoms with Crippen LogP contribution < -0.4 is 12.4 Å². The first-order valence-electron chi connectivity index (χ1n) is 4.59. The maximum absolute atomic E-state index is 2.40. The number of halogens is 1. The molecule has 1 aliphatic rings. The van der Waals surface area contributed by atoms with Crippen LogP contribution in [0.1, 0.15) is 18.4 Å². The van der Waals surface area contributed by atoms with Crippen molar-refractivity contribution in [2.24, 2.45) is 0 Å². The number of nitrogens with zero attached hydrogens (tertiary/aromatic N) is 1. The van der Waals surface area contributed by atoms with Gasteiger partial charge >= 0.3 is 0 Å². The molecule has 0 bridgehead atoms. The first kappa shape index (κ1) is 10.3. The van der Waals surface area contributed by atoms with Crippen LogP contribution >= 0.6 is 0 Å². The Morgan fingerprint density at radius 3 is 2.23 bits per heavy atom. The maximum Gasteiger partial charge on any atom is 0.170 e. The molecule has 1 nitrogen and oxygen atoms in total. The molecule has 0 radical (unpaired) electrons. The first-order valence-corrected chi connectivity index (χ1v) is 4.59. The van der Waals surface area contributed by atoms with Gasteiger partial charge in [0.1, 0.15) is 13.1 Å². The van der Waals surface area contributed by atoms with Gasteiger partial charge in [0.25, 0.3) is 0 Å². The highest BCUT2D eigenvalue weighted by molar-refractivity contribution is 5.75. The third-order valence-corrected chi connectivity index (χ3v) is 2.27. The summed E-state index contributed by atoms with van der Waals surface area (Å²) in [5.41, 5.74) is 1.32. The topological polar surface area (TPSA) is 3.01 Å². The largest absolute Gasteiger partial charge is 1.00 e. The monoisotopic (exact) mass is 195 g/mol. The fourth-order valence-electron chi connectivity index (χ4n) is 1.62. The van der Waals surface area contributed by atoms with Crippen LogP contribution in [0, 0.1) is 0 Å². The van der Waals surface area contributed by atoms with E-state index in [2.05, 4.69) is 41.1 Å². The van der Waals surface area contributed by atoms with E-state index in [4.69, 9.17) is 0 Å². The molecular formula is C11H14ClN. The van der Waals surface area contributed by atoms with Gasteiger partial charge in [-0.2, -0.15) is 0 Å². The lowest BCUT2D eigenvalue weighted by Crippen LogP contribution is -3.00. The zero-order chi connectivity index (χ0) is 8.23. The molecule has 0 N–H and O–H groups in total. The Morgan fingerprint density at radius 1 is 1.00 bits per heavy atom. The highest BCUT2D eigenvalue weighted by Crippen LogP contribution is 2.02. The van der Waals surface area contributed by atoms with Gasteiger partial charge in [-0.15, -0.1) is 0 Å². The van der Waals surface area contributed by atoms with E-state index >= 15 is 0 Å². The summed E-state index contributed by atoms with van der Waals surface area (Å²) < 4.78 is 2.40. The van der Waals surface area contributed by atoms with Gasteiger partial charge in [0, 0.05) is 18.4 Å². The van der Waals surface area contributed by atoms with Gasteiger partial charge in [-0.05, 0) is 12.1 Å². The number of hydrogen-bond donors (Lipinski definition) is 0. The Labute approximate surface area is 85.5 Å². The van der Waals surface area contributed by atoms with E-state index in [1.54, 1.807) is 0 Å². The second-order valence-electron chi connectivity index (χ2n) is 3.28. The van der Waals surface area contributed by atoms with E-state index in [1.807, 2.05) is 0 Å². The molecule has 2 rings (SSSR count). The summed E-state index contributed by atoms with van der Waals surface area (Å²) in [5.74, 6) is 0. The van der Waals surface area contributed by atoms with Gasteiger partial charge in [-0.3, -0.25) is 0 Å². The van der Waals surface area contributed by atoms with Gasteiger partial charge in [-0.1, -0.05) is 18.2 Å². The molecule has 0 amide bonds. The van der Waals surface area contributed by atoms with Crippen LogP contribution in [0.3, 0.4) is 0 Å². The molecule has 1 heterocycles. The Balaban J connectivity index is 0.000000845. The number of benzene rings is 1. The molecule has 1 saturated heterocycles. The van der Waals surface area contributed by atoms with Crippen molar-refractivity contribution in [2.45, 2.75) is 12.8 Å². The third-order valence-electron chi connectivity index (χ3n) is 2.27. The van der Waals surface area contributed by atoms with Gasteiger partial charge in [0.15, 0.2) is 6.21 Å². The Morgan fingerprint density at radius 2 is 1.62 bits per heavy atom. The molecule has 70 valence electrons. The average Bonchev–Trinajstić information content (AvgIpc) is 2.59. The Kier molecular flexibility index (Phi) is 3.97. The smallest absolute Gasteiger partial charge is 0.170 e. The zero-order valence-corrected chi connectivity index (χ0v) is 8.37. The molecule has 13 heavy (non-hydrogen) atoms. The molecule has 1 fully saturated rings. The van der Waals surface area contributed by atoms with Crippen molar-refractivity contribution in [1.29, 1.82) is 0 Å². The van der Waals surface area contributed by atoms with Crippen LogP contribution in [0.25, 0.3) is 0 Å². The molecule has 2 heteroatoms. The summed E-state index contributed by atoms with van der Waals surface area (Å²) in [5, 5.41) is 0. The summed E-state index contributed by atoms with van der Waals surface area (Å²) >= 11 is 0. The minimum atomic E-state index is 0. The highest BCUT2D eigenvalue weighted by atomic mass is 35.5. The van der Waals surface area contributed by atoms with Crippen LogP contribution in [0.4, 0.5) is 0 Å². The molecule has 1 aliphatic heterocycles. The molecule has 0 aromatic heterocycles. The fourth-order valence-corrected chi connectivity index (χ4v) is 1.62. The maximum atomic E-state index is 2.40. The van der Waals surface area contributed by atoms with Crippen molar-refractivity contribution in [3.63, 3.8) is 0 Å². The molecule has 1 aromatic carbocycles. The average molecular weight is 196 g/mol. The summed E-state index contributed by atoms with van der Waals surface area (Å²) in [6.07, 6.45) is 4.96. The van der Waals surface area contributed by atoms with Crippen molar-refractivity contribution >= 4 is 6.21 Å². The van der Waals surface area contributed by atoms with Crippen molar-refractivity contribution in [3.05, 3.63) is 35.9 Å². The van der Waals surface area contributed by atoms with Crippen molar-refractivity contribution < 1.29 is 17.0 Å². The lowest BCUT2D eigenvalue weighted by atomic mass is 10.2. The molecule has 0 aliphatic carbocycles. The van der Waals surface area contributed by atoms with Crippen molar-refractivity contribution in [3.8, 4) is 0 Å². The third kappa shape index (κ3) is 2.85. The Hall–Kier alpha value is -0.820. The van der Waals surface area contributed by atoms with Crippen LogP contribution in [-0.2, 0) is 0 Å². The van der Waals surface area contributed by atoms with E-state index in [0.717, 1.165) is 0 Å². The van der Waals surface area contributed by atoms with Gasteiger partial charge in [0.05, 0.1) is 0 Å². The van der Waals surface area contributed by atoms with Crippen LogP contribution in [0.2, 0.25) is 0 Å². The van der Waals surface area contributed by atoms with Crippen LogP contribution in [-0.4, -0.2) is 23.9 Å². The van der Waals surface area contributed by atoms with E-state index in [-0.39, 0.29) is 12.4 Å². The lowest BCUT2D eigenvalue weighted by molar-refractivity contribution is -0.500. The normalized spacial score (nSPS) is 15.2. The summed E-state index contributed by atoms with van der Waals surface area (Å²) in [4.78, 5) is 0. The molecule has 0 unspecified atom stereocenters. The fraction of sp³-hybridized carbons (Fsp3) is 0.364. The number of hydrogen-bond acceptors (Lipinski definition) is 0. The van der Waals surface area contributed by atoms with Gasteiger partial charge in [-0.25, -0.2) is 4.58 Å². The van der Waals surface area contributed by atoms with E-state index in [1.165, 1.54) is 31.5 Å². The zero-order valence-electron chi connectivity index (χ0n) is 7.62. The van der Waals surface area contributed by atoms with Gasteiger partial charge in [0.2, 0.25) is 0 Å². The predicted octanol–water partition coefficient (Wildman–Crippen LogP) is -1.08.